The number of esters is 1. The Morgan fingerprint density at radius 3 is 1.59 bits per heavy atom. The molecule has 0 amide bonds. The minimum absolute atomic E-state index is 0.00485. The van der Waals surface area contributed by atoms with Crippen LogP contribution in [0.5, 0.6) is 0 Å². The molecular formula is C44H73O9P. The monoisotopic (exact) mass is 776 g/mol. The highest BCUT2D eigenvalue weighted by Gasteiger charge is 2.26. The molecule has 10 heteroatoms. The second-order valence-corrected chi connectivity index (χ2v) is 14.4. The van der Waals surface area contributed by atoms with Gasteiger partial charge in [0.05, 0.1) is 26.4 Å². The van der Waals surface area contributed by atoms with Gasteiger partial charge in [-0.15, -0.1) is 0 Å². The van der Waals surface area contributed by atoms with Crippen molar-refractivity contribution >= 4 is 13.8 Å². The smallest absolute Gasteiger partial charge is 0.457 e. The first-order chi connectivity index (χ1) is 26.3. The summed E-state index contributed by atoms with van der Waals surface area (Å²) in [5, 5.41) is 18.3. The van der Waals surface area contributed by atoms with Gasteiger partial charge in [0.15, 0.2) is 0 Å². The number of hydrogen-bond acceptors (Lipinski definition) is 8. The number of phosphoric ester groups is 1. The molecule has 0 aliphatic carbocycles. The summed E-state index contributed by atoms with van der Waals surface area (Å²) in [6, 6.07) is 0. The Labute approximate surface area is 327 Å². The molecule has 0 aromatic heterocycles. The van der Waals surface area contributed by atoms with Gasteiger partial charge in [-0.3, -0.25) is 13.8 Å². The second-order valence-electron chi connectivity index (χ2n) is 12.9. The minimum atomic E-state index is -4.54. The van der Waals surface area contributed by atoms with Crippen LogP contribution in [0.1, 0.15) is 129 Å². The van der Waals surface area contributed by atoms with Crippen molar-refractivity contribution in [1.82, 2.24) is 0 Å². The van der Waals surface area contributed by atoms with Gasteiger partial charge in [0.25, 0.3) is 0 Å². The molecule has 0 aromatic carbocycles. The van der Waals surface area contributed by atoms with Crippen molar-refractivity contribution in [3.63, 3.8) is 0 Å². The molecular weight excluding hydrogens is 703 g/mol. The number of allylic oxidation sites excluding steroid dienone is 16. The Kier molecular flexibility index (Phi) is 38.1. The van der Waals surface area contributed by atoms with E-state index in [9.17, 15) is 19.4 Å². The average molecular weight is 777 g/mol. The Bertz CT molecular complexity index is 1150. The molecule has 0 radical (unpaired) electrons. The molecule has 9 nitrogen and oxygen atoms in total. The maximum atomic E-state index is 12.6. The average Bonchev–Trinajstić information content (AvgIpc) is 3.16. The van der Waals surface area contributed by atoms with Gasteiger partial charge >= 0.3 is 13.8 Å². The number of unbranched alkanes of at least 4 members (excludes halogenated alkanes) is 7. The van der Waals surface area contributed by atoms with Crippen LogP contribution in [0.15, 0.2) is 97.2 Å². The third kappa shape index (κ3) is 39.1. The van der Waals surface area contributed by atoms with E-state index in [1.807, 2.05) is 12.2 Å². The van der Waals surface area contributed by atoms with Crippen molar-refractivity contribution in [3.8, 4) is 0 Å². The summed E-state index contributed by atoms with van der Waals surface area (Å²) >= 11 is 0. The van der Waals surface area contributed by atoms with E-state index in [0.29, 0.717) is 13.0 Å². The molecule has 0 rings (SSSR count). The number of hydrogen-bond donors (Lipinski definition) is 3. The predicted octanol–water partition coefficient (Wildman–Crippen LogP) is 10.9. The van der Waals surface area contributed by atoms with Crippen LogP contribution in [-0.2, 0) is 27.9 Å². The van der Waals surface area contributed by atoms with Crippen molar-refractivity contribution in [2.24, 2.45) is 0 Å². The fraction of sp³-hybridized carbons (Fsp3) is 0.614. The molecule has 3 N–H and O–H groups in total. The van der Waals surface area contributed by atoms with Crippen molar-refractivity contribution in [1.29, 1.82) is 0 Å². The third-order valence-corrected chi connectivity index (χ3v) is 8.70. The number of carbonyl (C=O) groups is 1. The minimum Gasteiger partial charge on any atom is -0.457 e. The van der Waals surface area contributed by atoms with E-state index in [4.69, 9.17) is 23.6 Å². The standard InChI is InChI=1S/C44H73O9P/c1-3-5-7-9-11-13-15-17-19-20-21-22-23-24-26-28-30-32-34-36-44(47)53-43(41-52-54(48,49)51-39-42(46)38-45)40-50-37-35-33-31-29-27-25-18-16-14-12-10-8-6-4-2/h5,7-8,10-11,13-14,16-17,19,21-22,24,26,30,32,42-43,45-46H,3-4,6,9,12,15,18,20,23,25,27-29,31,33-41H2,1-2H3,(H,48,49)/b7-5-,10-8-,13-11-,16-14-,19-17-,22-21-,26-24-,32-30-. The lowest BCUT2D eigenvalue weighted by Crippen LogP contribution is -2.29. The summed E-state index contributed by atoms with van der Waals surface area (Å²) < 4.78 is 33.2. The number of aliphatic hydroxyl groups excluding tert-OH is 2. The van der Waals surface area contributed by atoms with Gasteiger partial charge in [-0.25, -0.2) is 4.57 Å². The highest BCUT2D eigenvalue weighted by Crippen LogP contribution is 2.43. The van der Waals surface area contributed by atoms with Crippen molar-refractivity contribution < 1.29 is 43.0 Å². The first kappa shape index (κ1) is 51.4. The quantitative estimate of drug-likeness (QED) is 0.0244. The van der Waals surface area contributed by atoms with E-state index in [0.717, 1.165) is 77.0 Å². The third-order valence-electron chi connectivity index (χ3n) is 7.75. The van der Waals surface area contributed by atoms with Gasteiger partial charge in [0.2, 0.25) is 0 Å². The fourth-order valence-electron chi connectivity index (χ4n) is 4.71. The zero-order chi connectivity index (χ0) is 39.6. The Morgan fingerprint density at radius 1 is 0.593 bits per heavy atom. The highest BCUT2D eigenvalue weighted by molar-refractivity contribution is 7.47. The van der Waals surface area contributed by atoms with E-state index in [1.54, 1.807) is 0 Å². The van der Waals surface area contributed by atoms with Gasteiger partial charge < -0.3 is 24.6 Å². The second kappa shape index (κ2) is 40.1. The maximum Gasteiger partial charge on any atom is 0.472 e. The summed E-state index contributed by atoms with van der Waals surface area (Å²) in [6.45, 7) is 3.17. The first-order valence-electron chi connectivity index (χ1n) is 20.2. The molecule has 3 atom stereocenters. The van der Waals surface area contributed by atoms with Crippen LogP contribution < -0.4 is 0 Å². The summed E-state index contributed by atoms with van der Waals surface area (Å²) in [4.78, 5) is 22.5. The molecule has 0 saturated heterocycles. The van der Waals surface area contributed by atoms with Gasteiger partial charge in [0, 0.05) is 13.0 Å². The van der Waals surface area contributed by atoms with Crippen LogP contribution >= 0.6 is 7.82 Å². The lowest BCUT2D eigenvalue weighted by molar-refractivity contribution is -0.154. The van der Waals surface area contributed by atoms with Crippen LogP contribution in [0.3, 0.4) is 0 Å². The van der Waals surface area contributed by atoms with Crippen molar-refractivity contribution in [2.75, 3.05) is 33.0 Å². The molecule has 0 bridgehead atoms. The van der Waals surface area contributed by atoms with Crippen LogP contribution in [0.4, 0.5) is 0 Å². The Balaban J connectivity index is 4.39. The largest absolute Gasteiger partial charge is 0.472 e. The van der Waals surface area contributed by atoms with E-state index < -0.39 is 45.8 Å². The molecule has 0 saturated carbocycles. The van der Waals surface area contributed by atoms with Gasteiger partial charge in [-0.2, -0.15) is 0 Å². The highest BCUT2D eigenvalue weighted by atomic mass is 31.2. The van der Waals surface area contributed by atoms with Crippen LogP contribution in [0.2, 0.25) is 0 Å². The molecule has 0 aliphatic rings. The van der Waals surface area contributed by atoms with E-state index in [2.05, 4.69) is 98.9 Å². The predicted molar refractivity (Wildman–Crippen MR) is 223 cm³/mol. The summed E-state index contributed by atoms with van der Waals surface area (Å²) in [5.41, 5.74) is 0. The molecule has 0 fully saturated rings. The lowest BCUT2D eigenvalue weighted by atomic mass is 10.1. The molecule has 0 heterocycles. The molecule has 0 aliphatic heterocycles. The summed E-state index contributed by atoms with van der Waals surface area (Å²) in [5.74, 6) is -0.473. The number of rotatable bonds is 37. The van der Waals surface area contributed by atoms with Crippen LogP contribution in [-0.4, -0.2) is 66.3 Å². The van der Waals surface area contributed by atoms with Crippen molar-refractivity contribution in [2.45, 2.75) is 142 Å². The zero-order valence-corrected chi connectivity index (χ0v) is 34.3. The van der Waals surface area contributed by atoms with Gasteiger partial charge in [0.1, 0.15) is 12.2 Å². The molecule has 308 valence electrons. The van der Waals surface area contributed by atoms with E-state index >= 15 is 0 Å². The molecule has 0 spiro atoms. The normalized spacial score (nSPS) is 15.1. The number of aliphatic hydroxyl groups is 2. The number of phosphoric acid groups is 1. The first-order valence-corrected chi connectivity index (χ1v) is 21.7. The van der Waals surface area contributed by atoms with E-state index in [-0.39, 0.29) is 13.0 Å². The topological polar surface area (TPSA) is 132 Å². The Morgan fingerprint density at radius 2 is 1.06 bits per heavy atom. The number of carbonyl (C=O) groups excluding carboxylic acids is 1. The SMILES string of the molecule is CC/C=C\C/C=C\C/C=C\C/C=C\C/C=C\C/C=C\CCC(=O)OC(COCCCCCCCC/C=C\C/C=C\CCC)COP(=O)(O)OCC(O)CO. The van der Waals surface area contributed by atoms with Gasteiger partial charge in [-0.1, -0.05) is 143 Å². The van der Waals surface area contributed by atoms with E-state index in [1.165, 1.54) is 25.7 Å². The Hall–Kier alpha value is -2.62. The molecule has 3 unspecified atom stereocenters. The van der Waals surface area contributed by atoms with Crippen LogP contribution in [0.25, 0.3) is 0 Å². The van der Waals surface area contributed by atoms with Gasteiger partial charge in [-0.05, 0) is 77.0 Å². The molecule has 54 heavy (non-hydrogen) atoms. The molecule has 0 aromatic rings. The lowest BCUT2D eigenvalue weighted by Gasteiger charge is -2.20. The summed E-state index contributed by atoms with van der Waals surface area (Å²) in [6.07, 6.45) is 49.5. The summed E-state index contributed by atoms with van der Waals surface area (Å²) in [7, 11) is -4.54. The maximum absolute atomic E-state index is 12.6. The zero-order valence-electron chi connectivity index (χ0n) is 33.4. The van der Waals surface area contributed by atoms with Crippen LogP contribution in [0, 0.1) is 0 Å². The number of ether oxygens (including phenoxy) is 2. The fourth-order valence-corrected chi connectivity index (χ4v) is 5.50. The van der Waals surface area contributed by atoms with Crippen molar-refractivity contribution in [3.05, 3.63) is 97.2 Å².